The molecule has 124 valence electrons. The minimum atomic E-state index is -0.905. The van der Waals surface area contributed by atoms with E-state index in [1.54, 1.807) is 15.8 Å². The van der Waals surface area contributed by atoms with Crippen LogP contribution in [0.3, 0.4) is 0 Å². The highest BCUT2D eigenvalue weighted by atomic mass is 16.4. The zero-order valence-electron chi connectivity index (χ0n) is 13.6. The van der Waals surface area contributed by atoms with Crippen LogP contribution in [0.25, 0.3) is 0 Å². The van der Waals surface area contributed by atoms with Gasteiger partial charge in [-0.2, -0.15) is 5.10 Å². The normalized spacial score (nSPS) is 27.7. The number of amides is 1. The molecule has 0 spiro atoms. The number of nitrogens with zero attached hydrogens (tertiary/aromatic N) is 3. The van der Waals surface area contributed by atoms with E-state index in [-0.39, 0.29) is 12.3 Å². The smallest absolute Gasteiger partial charge is 0.309 e. The predicted molar refractivity (Wildman–Crippen MR) is 84.6 cm³/mol. The van der Waals surface area contributed by atoms with Gasteiger partial charge in [0.15, 0.2) is 0 Å². The van der Waals surface area contributed by atoms with Gasteiger partial charge in [-0.1, -0.05) is 12.2 Å². The lowest BCUT2D eigenvalue weighted by Crippen LogP contribution is -2.35. The Hall–Kier alpha value is -2.11. The van der Waals surface area contributed by atoms with Gasteiger partial charge in [0.1, 0.15) is 0 Å². The maximum absolute atomic E-state index is 12.5. The summed E-state index contributed by atoms with van der Waals surface area (Å²) in [7, 11) is 1.83. The van der Waals surface area contributed by atoms with Crippen LogP contribution in [0, 0.1) is 18.8 Å². The Bertz CT molecular complexity index is 650. The molecule has 0 bridgehead atoms. The van der Waals surface area contributed by atoms with Crippen molar-refractivity contribution in [3.63, 3.8) is 0 Å². The summed E-state index contributed by atoms with van der Waals surface area (Å²) in [5.74, 6) is -1.24. The molecule has 23 heavy (non-hydrogen) atoms. The van der Waals surface area contributed by atoms with Crippen LogP contribution < -0.4 is 0 Å². The molecule has 6 heteroatoms. The molecule has 1 fully saturated rings. The Morgan fingerprint density at radius 3 is 2.78 bits per heavy atom. The summed E-state index contributed by atoms with van der Waals surface area (Å²) >= 11 is 0. The first kappa shape index (κ1) is 15.8. The zero-order valence-corrected chi connectivity index (χ0v) is 13.6. The Labute approximate surface area is 135 Å². The average molecular weight is 317 g/mol. The molecule has 3 rings (SSSR count). The lowest BCUT2D eigenvalue weighted by molar-refractivity contribution is -0.142. The van der Waals surface area contributed by atoms with Crippen LogP contribution in [-0.2, 0) is 16.6 Å². The highest BCUT2D eigenvalue weighted by Gasteiger charge is 2.46. The van der Waals surface area contributed by atoms with Gasteiger partial charge in [0.25, 0.3) is 0 Å². The van der Waals surface area contributed by atoms with Crippen molar-refractivity contribution in [1.82, 2.24) is 14.7 Å². The molecule has 1 aliphatic heterocycles. The summed E-state index contributed by atoms with van der Waals surface area (Å²) in [5.41, 5.74) is 1.78. The highest BCUT2D eigenvalue weighted by Crippen LogP contribution is 2.40. The van der Waals surface area contributed by atoms with Gasteiger partial charge >= 0.3 is 5.97 Å². The van der Waals surface area contributed by atoms with E-state index in [2.05, 4.69) is 17.3 Å². The fourth-order valence-electron chi connectivity index (χ4n) is 3.72. The molecule has 2 heterocycles. The van der Waals surface area contributed by atoms with E-state index in [1.807, 2.05) is 14.0 Å². The minimum Gasteiger partial charge on any atom is -0.481 e. The van der Waals surface area contributed by atoms with Crippen molar-refractivity contribution < 1.29 is 14.7 Å². The first-order chi connectivity index (χ1) is 11.0. The first-order valence-corrected chi connectivity index (χ1v) is 8.14. The van der Waals surface area contributed by atoms with Gasteiger partial charge in [-0.3, -0.25) is 14.3 Å². The zero-order chi connectivity index (χ0) is 16.6. The summed E-state index contributed by atoms with van der Waals surface area (Å²) in [6.45, 7) is 2.55. The second-order valence-electron chi connectivity index (χ2n) is 6.60. The molecule has 0 radical (unpaired) electrons. The molecule has 1 saturated heterocycles. The van der Waals surface area contributed by atoms with Crippen molar-refractivity contribution in [2.45, 2.75) is 38.6 Å². The minimum absolute atomic E-state index is 0.0554. The van der Waals surface area contributed by atoms with Gasteiger partial charge in [0.05, 0.1) is 18.2 Å². The van der Waals surface area contributed by atoms with Gasteiger partial charge in [0, 0.05) is 31.3 Å². The molecular formula is C17H23N3O3. The van der Waals surface area contributed by atoms with Gasteiger partial charge in [-0.15, -0.1) is 0 Å². The number of aromatic nitrogens is 2. The molecule has 2 aliphatic rings. The van der Waals surface area contributed by atoms with E-state index in [4.69, 9.17) is 0 Å². The van der Waals surface area contributed by atoms with Crippen LogP contribution in [-0.4, -0.2) is 38.2 Å². The molecular weight excluding hydrogens is 294 g/mol. The predicted octanol–water partition coefficient (Wildman–Crippen LogP) is 2.06. The standard InChI is InChI=1S/C17H23N3O3/c1-11-14(9-18-19(11)2)16-13(17(22)23)8-15(21)20(16)10-12-6-4-3-5-7-12/h3-4,9,12-13,16H,5-8,10H2,1-2H3,(H,22,23)/t12?,13-,16-/m0/s1. The number of rotatable bonds is 4. The maximum atomic E-state index is 12.5. The van der Waals surface area contributed by atoms with Crippen LogP contribution in [0.4, 0.5) is 0 Å². The Morgan fingerprint density at radius 2 is 2.22 bits per heavy atom. The van der Waals surface area contributed by atoms with Crippen molar-refractivity contribution in [1.29, 1.82) is 0 Å². The van der Waals surface area contributed by atoms with E-state index in [0.29, 0.717) is 12.5 Å². The Balaban J connectivity index is 1.91. The third kappa shape index (κ3) is 2.90. The first-order valence-electron chi connectivity index (χ1n) is 8.14. The number of hydrogen-bond donors (Lipinski definition) is 1. The summed E-state index contributed by atoms with van der Waals surface area (Å²) in [4.78, 5) is 25.9. The number of hydrogen-bond acceptors (Lipinski definition) is 3. The third-order valence-electron chi connectivity index (χ3n) is 5.17. The number of aliphatic carboxylic acids is 1. The number of carbonyl (C=O) groups is 2. The summed E-state index contributed by atoms with van der Waals surface area (Å²) in [6, 6.07) is -0.403. The van der Waals surface area contributed by atoms with Gasteiger partial charge < -0.3 is 10.0 Å². The summed E-state index contributed by atoms with van der Waals surface area (Å²) in [5, 5.41) is 13.8. The van der Waals surface area contributed by atoms with Crippen LogP contribution in [0.15, 0.2) is 18.3 Å². The molecule has 1 N–H and O–H groups in total. The number of allylic oxidation sites excluding steroid dienone is 2. The topological polar surface area (TPSA) is 75.4 Å². The lowest BCUT2D eigenvalue weighted by Gasteiger charge is -2.31. The molecule has 1 aromatic rings. The van der Waals surface area contributed by atoms with Crippen molar-refractivity contribution >= 4 is 11.9 Å². The molecule has 3 atom stereocenters. The summed E-state index contributed by atoms with van der Waals surface area (Å²) < 4.78 is 1.73. The van der Waals surface area contributed by atoms with Crippen LogP contribution in [0.1, 0.15) is 43.0 Å². The molecule has 6 nitrogen and oxygen atoms in total. The third-order valence-corrected chi connectivity index (χ3v) is 5.17. The Morgan fingerprint density at radius 1 is 1.43 bits per heavy atom. The van der Waals surface area contributed by atoms with Crippen LogP contribution >= 0.6 is 0 Å². The molecule has 1 unspecified atom stereocenters. The second kappa shape index (κ2) is 6.18. The van der Waals surface area contributed by atoms with E-state index < -0.39 is 17.9 Å². The van der Waals surface area contributed by atoms with Crippen LogP contribution in [0.5, 0.6) is 0 Å². The number of carboxylic acids is 1. The van der Waals surface area contributed by atoms with Gasteiger partial charge in [0.2, 0.25) is 5.91 Å². The SMILES string of the molecule is Cc1c([C@@H]2[C@@H](C(=O)O)CC(=O)N2CC2CC=CCC2)cnn1C. The lowest BCUT2D eigenvalue weighted by atomic mass is 9.91. The van der Waals surface area contributed by atoms with E-state index in [1.165, 1.54) is 0 Å². The second-order valence-corrected chi connectivity index (χ2v) is 6.60. The fourth-order valence-corrected chi connectivity index (χ4v) is 3.72. The highest BCUT2D eigenvalue weighted by molar-refractivity contribution is 5.87. The van der Waals surface area contributed by atoms with E-state index >= 15 is 0 Å². The van der Waals surface area contributed by atoms with E-state index in [0.717, 1.165) is 30.5 Å². The van der Waals surface area contributed by atoms with Crippen LogP contribution in [0.2, 0.25) is 0 Å². The number of aryl methyl sites for hydroxylation is 1. The quantitative estimate of drug-likeness (QED) is 0.863. The average Bonchev–Trinajstić information content (AvgIpc) is 3.02. The van der Waals surface area contributed by atoms with Crippen molar-refractivity contribution in [2.75, 3.05) is 6.54 Å². The molecule has 0 aromatic carbocycles. The summed E-state index contributed by atoms with van der Waals surface area (Å²) in [6.07, 6.45) is 9.17. The molecule has 0 saturated carbocycles. The fraction of sp³-hybridized carbons (Fsp3) is 0.588. The molecule has 1 aliphatic carbocycles. The maximum Gasteiger partial charge on any atom is 0.309 e. The number of carboxylic acid groups (broad SMARTS) is 1. The number of likely N-dealkylation sites (tertiary alicyclic amines) is 1. The van der Waals surface area contributed by atoms with Gasteiger partial charge in [-0.25, -0.2) is 0 Å². The van der Waals surface area contributed by atoms with Crippen molar-refractivity contribution in [2.24, 2.45) is 18.9 Å². The molecule has 1 aromatic heterocycles. The van der Waals surface area contributed by atoms with Gasteiger partial charge in [-0.05, 0) is 32.1 Å². The Kier molecular flexibility index (Phi) is 4.24. The van der Waals surface area contributed by atoms with Crippen molar-refractivity contribution in [3.05, 3.63) is 29.6 Å². The number of carbonyl (C=O) groups excluding carboxylic acids is 1. The monoisotopic (exact) mass is 317 g/mol. The molecule has 1 amide bonds. The van der Waals surface area contributed by atoms with E-state index in [9.17, 15) is 14.7 Å². The van der Waals surface area contributed by atoms with Crippen molar-refractivity contribution in [3.8, 4) is 0 Å². The largest absolute Gasteiger partial charge is 0.481 e.